The number of ether oxygens (including phenoxy) is 1. The zero-order valence-corrected chi connectivity index (χ0v) is 11.9. The van der Waals surface area contributed by atoms with E-state index in [-0.39, 0.29) is 17.9 Å². The number of anilines is 1. The van der Waals surface area contributed by atoms with E-state index in [0.29, 0.717) is 16.4 Å². The van der Waals surface area contributed by atoms with Crippen molar-refractivity contribution in [3.63, 3.8) is 0 Å². The number of nitrogens with zero attached hydrogens (tertiary/aromatic N) is 2. The van der Waals surface area contributed by atoms with Crippen molar-refractivity contribution >= 4 is 17.3 Å². The third-order valence-electron chi connectivity index (χ3n) is 3.11. The number of nitrogens with two attached hydrogens (primary N) is 1. The fraction of sp³-hybridized carbons (Fsp3) is 0.308. The van der Waals surface area contributed by atoms with Crippen LogP contribution in [0.15, 0.2) is 23.0 Å². The minimum atomic E-state index is -0.269. The number of aryl methyl sites for hydroxylation is 1. The van der Waals surface area contributed by atoms with E-state index in [9.17, 15) is 4.79 Å². The summed E-state index contributed by atoms with van der Waals surface area (Å²) in [6.07, 6.45) is 0. The van der Waals surface area contributed by atoms with E-state index in [1.807, 2.05) is 19.1 Å². The monoisotopic (exact) mass is 281 g/mol. The first-order valence-electron chi connectivity index (χ1n) is 5.79. The van der Waals surface area contributed by atoms with Gasteiger partial charge in [0.1, 0.15) is 5.69 Å². The van der Waals surface area contributed by atoms with Crippen molar-refractivity contribution in [3.8, 4) is 5.69 Å². The predicted octanol–water partition coefficient (Wildman–Crippen LogP) is 1.87. The predicted molar refractivity (Wildman–Crippen MR) is 75.9 cm³/mol. The Hall–Kier alpha value is -1.72. The van der Waals surface area contributed by atoms with Gasteiger partial charge in [-0.05, 0) is 24.6 Å². The summed E-state index contributed by atoms with van der Waals surface area (Å²) >= 11 is 6.10. The third-order valence-corrected chi connectivity index (χ3v) is 3.51. The Morgan fingerprint density at radius 2 is 2.11 bits per heavy atom. The van der Waals surface area contributed by atoms with Gasteiger partial charge in [-0.3, -0.25) is 9.48 Å². The van der Waals surface area contributed by atoms with E-state index >= 15 is 0 Å². The maximum absolute atomic E-state index is 12.2. The minimum absolute atomic E-state index is 0.195. The Morgan fingerprint density at radius 1 is 1.42 bits per heavy atom. The highest BCUT2D eigenvalue weighted by atomic mass is 35.5. The quantitative estimate of drug-likeness (QED) is 0.934. The van der Waals surface area contributed by atoms with Gasteiger partial charge in [0.25, 0.3) is 5.56 Å². The van der Waals surface area contributed by atoms with Crippen molar-refractivity contribution in [2.75, 3.05) is 12.8 Å². The number of hydrogen-bond donors (Lipinski definition) is 1. The molecule has 0 aliphatic carbocycles. The van der Waals surface area contributed by atoms with Crippen LogP contribution in [0.4, 0.5) is 5.69 Å². The highest BCUT2D eigenvalue weighted by Gasteiger charge is 2.16. The molecule has 2 aromatic rings. The average molecular weight is 282 g/mol. The second kappa shape index (κ2) is 5.11. The van der Waals surface area contributed by atoms with Crippen molar-refractivity contribution in [1.29, 1.82) is 0 Å². The molecule has 0 saturated carbocycles. The van der Waals surface area contributed by atoms with E-state index in [0.717, 1.165) is 5.56 Å². The van der Waals surface area contributed by atoms with Crippen LogP contribution in [0.1, 0.15) is 11.3 Å². The van der Waals surface area contributed by atoms with Gasteiger partial charge in [0, 0.05) is 19.2 Å². The highest BCUT2D eigenvalue weighted by molar-refractivity contribution is 6.31. The van der Waals surface area contributed by atoms with Crippen molar-refractivity contribution in [1.82, 2.24) is 9.36 Å². The van der Waals surface area contributed by atoms with Crippen LogP contribution < -0.4 is 11.3 Å². The zero-order valence-electron chi connectivity index (χ0n) is 11.1. The van der Waals surface area contributed by atoms with E-state index in [1.54, 1.807) is 24.9 Å². The number of benzene rings is 1. The van der Waals surface area contributed by atoms with Gasteiger partial charge in [0.2, 0.25) is 0 Å². The summed E-state index contributed by atoms with van der Waals surface area (Å²) in [4.78, 5) is 12.2. The summed E-state index contributed by atoms with van der Waals surface area (Å²) in [6.45, 7) is 2.19. The van der Waals surface area contributed by atoms with Gasteiger partial charge >= 0.3 is 0 Å². The highest BCUT2D eigenvalue weighted by Crippen LogP contribution is 2.20. The van der Waals surface area contributed by atoms with Gasteiger partial charge in [-0.15, -0.1) is 0 Å². The molecule has 0 aliphatic heterocycles. The van der Waals surface area contributed by atoms with Gasteiger partial charge < -0.3 is 10.5 Å². The molecule has 6 heteroatoms. The Kier molecular flexibility index (Phi) is 3.68. The fourth-order valence-corrected chi connectivity index (χ4v) is 2.16. The number of halogens is 1. The minimum Gasteiger partial charge on any atom is -0.393 e. The van der Waals surface area contributed by atoms with Crippen LogP contribution in [-0.2, 0) is 18.4 Å². The molecule has 2 rings (SSSR count). The van der Waals surface area contributed by atoms with Gasteiger partial charge in [-0.1, -0.05) is 17.7 Å². The van der Waals surface area contributed by atoms with Crippen molar-refractivity contribution < 1.29 is 4.74 Å². The molecule has 0 fully saturated rings. The molecule has 0 atom stereocenters. The third kappa shape index (κ3) is 2.27. The second-order valence-corrected chi connectivity index (χ2v) is 4.77. The molecule has 0 amide bonds. The number of hydrogen-bond acceptors (Lipinski definition) is 3. The van der Waals surface area contributed by atoms with Crippen LogP contribution in [0.5, 0.6) is 0 Å². The lowest BCUT2D eigenvalue weighted by molar-refractivity contribution is 0.177. The molecule has 0 unspecified atom stereocenters. The van der Waals surface area contributed by atoms with Gasteiger partial charge in [0.05, 0.1) is 18.0 Å². The Labute approximate surface area is 116 Å². The first kappa shape index (κ1) is 13.7. The van der Waals surface area contributed by atoms with Crippen molar-refractivity contribution in [2.24, 2.45) is 7.05 Å². The molecule has 1 aromatic heterocycles. The van der Waals surface area contributed by atoms with Crippen LogP contribution in [0.3, 0.4) is 0 Å². The van der Waals surface area contributed by atoms with Crippen LogP contribution in [0.2, 0.25) is 5.02 Å². The molecule has 0 radical (unpaired) electrons. The van der Waals surface area contributed by atoms with Crippen molar-refractivity contribution in [2.45, 2.75) is 13.5 Å². The summed E-state index contributed by atoms with van der Waals surface area (Å²) in [7, 11) is 3.32. The summed E-state index contributed by atoms with van der Waals surface area (Å²) in [5.74, 6) is 0. The topological polar surface area (TPSA) is 62.2 Å². The largest absolute Gasteiger partial charge is 0.393 e. The smallest absolute Gasteiger partial charge is 0.294 e. The number of rotatable bonds is 3. The molecule has 1 heterocycles. The molecule has 0 bridgehead atoms. The first-order valence-corrected chi connectivity index (χ1v) is 6.17. The lowest BCUT2D eigenvalue weighted by Gasteiger charge is -2.10. The second-order valence-electron chi connectivity index (χ2n) is 4.37. The first-order chi connectivity index (χ1) is 8.97. The maximum atomic E-state index is 12.2. The molecule has 19 heavy (non-hydrogen) atoms. The van der Waals surface area contributed by atoms with Crippen molar-refractivity contribution in [3.05, 3.63) is 44.8 Å². The molecule has 1 aromatic carbocycles. The molecular weight excluding hydrogens is 266 g/mol. The van der Waals surface area contributed by atoms with Crippen LogP contribution >= 0.6 is 11.6 Å². The zero-order chi connectivity index (χ0) is 14.2. The van der Waals surface area contributed by atoms with Crippen LogP contribution in [0, 0.1) is 6.92 Å². The maximum Gasteiger partial charge on any atom is 0.294 e. The van der Waals surface area contributed by atoms with E-state index in [1.165, 1.54) is 4.68 Å². The molecule has 102 valence electrons. The summed E-state index contributed by atoms with van der Waals surface area (Å²) in [5, 5.41) is 0.609. The van der Waals surface area contributed by atoms with E-state index in [2.05, 4.69) is 0 Å². The lowest BCUT2D eigenvalue weighted by Crippen LogP contribution is -2.20. The molecule has 5 nitrogen and oxygen atoms in total. The molecular formula is C13H16ClN3O2. The lowest BCUT2D eigenvalue weighted by atomic mass is 10.2. The summed E-state index contributed by atoms with van der Waals surface area (Å²) in [5.41, 5.74) is 8.03. The molecule has 0 spiro atoms. The standard InChI is InChI=1S/C13H16ClN3O2/c1-8-4-5-9(6-10(8)14)17-13(18)12(15)11(7-19-3)16(17)2/h4-6H,7,15H2,1-3H3. The normalized spacial score (nSPS) is 10.9. The van der Waals surface area contributed by atoms with E-state index in [4.69, 9.17) is 22.1 Å². The number of methoxy groups -OCH3 is 1. The number of nitrogen functional groups attached to an aromatic ring is 1. The Morgan fingerprint density at radius 3 is 2.68 bits per heavy atom. The van der Waals surface area contributed by atoms with Gasteiger partial charge in [-0.25, -0.2) is 4.68 Å². The van der Waals surface area contributed by atoms with Gasteiger partial charge in [-0.2, -0.15) is 0 Å². The van der Waals surface area contributed by atoms with Crippen LogP contribution in [-0.4, -0.2) is 16.5 Å². The van der Waals surface area contributed by atoms with Crippen LogP contribution in [0.25, 0.3) is 5.69 Å². The molecule has 2 N–H and O–H groups in total. The Bertz CT molecular complexity index is 673. The molecule has 0 aliphatic rings. The SMILES string of the molecule is COCc1c(N)c(=O)n(-c2ccc(C)c(Cl)c2)n1C. The fourth-order valence-electron chi connectivity index (χ4n) is 1.98. The Balaban J connectivity index is 2.65. The van der Waals surface area contributed by atoms with E-state index < -0.39 is 0 Å². The summed E-state index contributed by atoms with van der Waals surface area (Å²) in [6, 6.07) is 5.44. The van der Waals surface area contributed by atoms with Gasteiger partial charge in [0.15, 0.2) is 0 Å². The number of aromatic nitrogens is 2. The average Bonchev–Trinajstić information content (AvgIpc) is 2.58. The molecule has 0 saturated heterocycles. The summed E-state index contributed by atoms with van der Waals surface area (Å²) < 4.78 is 8.22.